The Morgan fingerprint density at radius 1 is 0.923 bits per heavy atom. The van der Waals surface area contributed by atoms with Gasteiger partial charge < -0.3 is 10.1 Å². The molecule has 202 valence electrons. The van der Waals surface area contributed by atoms with E-state index in [1.807, 2.05) is 0 Å². The van der Waals surface area contributed by atoms with E-state index >= 15 is 4.39 Å². The van der Waals surface area contributed by atoms with Crippen molar-refractivity contribution in [2.75, 3.05) is 10.0 Å². The van der Waals surface area contributed by atoms with Crippen molar-refractivity contribution in [1.29, 1.82) is 0 Å². The number of halogens is 3. The van der Waals surface area contributed by atoms with Crippen molar-refractivity contribution in [2.45, 2.75) is 43.0 Å². The van der Waals surface area contributed by atoms with Crippen molar-refractivity contribution in [3.05, 3.63) is 82.9 Å². The van der Waals surface area contributed by atoms with E-state index < -0.39 is 15.8 Å². The molecule has 39 heavy (non-hydrogen) atoms. The van der Waals surface area contributed by atoms with Crippen molar-refractivity contribution in [3.63, 3.8) is 0 Å². The molecule has 2 aromatic carbocycles. The van der Waals surface area contributed by atoms with Gasteiger partial charge in [-0.15, -0.1) is 0 Å². The molecule has 1 saturated carbocycles. The summed E-state index contributed by atoms with van der Waals surface area (Å²) in [6.07, 6.45) is 8.85. The van der Waals surface area contributed by atoms with Gasteiger partial charge in [0.2, 0.25) is 11.8 Å². The first-order valence-corrected chi connectivity index (χ1v) is 14.5. The molecule has 0 atom stereocenters. The van der Waals surface area contributed by atoms with Crippen LogP contribution in [0.5, 0.6) is 11.6 Å². The van der Waals surface area contributed by atoms with E-state index in [1.165, 1.54) is 49.7 Å². The summed E-state index contributed by atoms with van der Waals surface area (Å²) in [4.78, 5) is 13.1. The third kappa shape index (κ3) is 6.41. The highest BCUT2D eigenvalue weighted by molar-refractivity contribution is 7.92. The quantitative estimate of drug-likeness (QED) is 0.222. The van der Waals surface area contributed by atoms with Crippen molar-refractivity contribution >= 4 is 44.9 Å². The average molecular weight is 588 g/mol. The average Bonchev–Trinajstić information content (AvgIpc) is 2.92. The molecule has 12 heteroatoms. The zero-order chi connectivity index (χ0) is 27.4. The van der Waals surface area contributed by atoms with Gasteiger partial charge in [-0.05, 0) is 49.2 Å². The number of sulfonamides is 1. The van der Waals surface area contributed by atoms with Crippen LogP contribution in [0.15, 0.2) is 71.9 Å². The SMILES string of the molecule is O=S(=O)(Nc1cc(F)c(Oc2ncccc2-c2ccnc(NC3CCCCC3)n2)c(Cl)c1)c1ccccc1Cl. The van der Waals surface area contributed by atoms with E-state index in [0.29, 0.717) is 23.2 Å². The van der Waals surface area contributed by atoms with Crippen LogP contribution in [0.3, 0.4) is 0 Å². The third-order valence-electron chi connectivity index (χ3n) is 6.22. The van der Waals surface area contributed by atoms with Gasteiger partial charge in [0.15, 0.2) is 11.6 Å². The van der Waals surface area contributed by atoms with Crippen LogP contribution in [0.4, 0.5) is 16.0 Å². The summed E-state index contributed by atoms with van der Waals surface area (Å²) in [5.74, 6) is -0.635. The molecule has 2 aromatic heterocycles. The normalized spacial score (nSPS) is 14.1. The highest BCUT2D eigenvalue weighted by atomic mass is 35.5. The van der Waals surface area contributed by atoms with Gasteiger partial charge in [0, 0.05) is 24.5 Å². The summed E-state index contributed by atoms with van der Waals surface area (Å²) >= 11 is 12.4. The second-order valence-corrected chi connectivity index (χ2v) is 11.5. The third-order valence-corrected chi connectivity index (χ3v) is 8.38. The molecule has 4 aromatic rings. The Kier molecular flexibility index (Phi) is 8.15. The number of anilines is 2. The molecule has 0 unspecified atom stereocenters. The lowest BCUT2D eigenvalue weighted by atomic mass is 9.96. The van der Waals surface area contributed by atoms with Crippen LogP contribution >= 0.6 is 23.2 Å². The van der Waals surface area contributed by atoms with E-state index in [4.69, 9.17) is 27.9 Å². The Bertz CT molecular complexity index is 1580. The number of ether oxygens (including phenoxy) is 1. The molecule has 1 aliphatic carbocycles. The molecule has 0 spiro atoms. The minimum absolute atomic E-state index is 0.0287. The number of benzene rings is 2. The Morgan fingerprint density at radius 2 is 1.72 bits per heavy atom. The number of pyridine rings is 1. The smallest absolute Gasteiger partial charge is 0.263 e. The van der Waals surface area contributed by atoms with E-state index in [0.717, 1.165) is 18.9 Å². The number of hydrogen-bond donors (Lipinski definition) is 2. The fourth-order valence-corrected chi connectivity index (χ4v) is 6.17. The van der Waals surface area contributed by atoms with Crippen molar-refractivity contribution < 1.29 is 17.5 Å². The van der Waals surface area contributed by atoms with Gasteiger partial charge in [-0.25, -0.2) is 27.8 Å². The molecular weight excluding hydrogens is 564 g/mol. The van der Waals surface area contributed by atoms with Crippen LogP contribution in [0, 0.1) is 5.82 Å². The molecular formula is C27H24Cl2FN5O3S. The summed E-state index contributed by atoms with van der Waals surface area (Å²) in [7, 11) is -4.09. The Morgan fingerprint density at radius 3 is 2.49 bits per heavy atom. The van der Waals surface area contributed by atoms with E-state index in [-0.39, 0.29) is 32.3 Å². The van der Waals surface area contributed by atoms with E-state index in [9.17, 15) is 8.42 Å². The van der Waals surface area contributed by atoms with Crippen molar-refractivity contribution in [3.8, 4) is 22.9 Å². The van der Waals surface area contributed by atoms with Crippen LogP contribution in [0.25, 0.3) is 11.3 Å². The first-order chi connectivity index (χ1) is 18.8. The predicted molar refractivity (Wildman–Crippen MR) is 150 cm³/mol. The largest absolute Gasteiger partial charge is 0.434 e. The summed E-state index contributed by atoms with van der Waals surface area (Å²) < 4.78 is 48.8. The number of nitrogens with one attached hydrogen (secondary N) is 2. The minimum Gasteiger partial charge on any atom is -0.434 e. The van der Waals surface area contributed by atoms with Gasteiger partial charge >= 0.3 is 0 Å². The van der Waals surface area contributed by atoms with Crippen LogP contribution in [-0.4, -0.2) is 29.4 Å². The van der Waals surface area contributed by atoms with Crippen LogP contribution in [0.2, 0.25) is 10.0 Å². The monoisotopic (exact) mass is 587 g/mol. The second-order valence-electron chi connectivity index (χ2n) is 9.01. The van der Waals surface area contributed by atoms with Crippen LogP contribution in [-0.2, 0) is 10.0 Å². The van der Waals surface area contributed by atoms with Gasteiger partial charge in [-0.1, -0.05) is 54.6 Å². The molecule has 0 saturated heterocycles. The number of aromatic nitrogens is 3. The van der Waals surface area contributed by atoms with Gasteiger partial charge in [-0.3, -0.25) is 4.72 Å². The molecule has 0 bridgehead atoms. The number of hydrogen-bond acceptors (Lipinski definition) is 7. The molecule has 2 N–H and O–H groups in total. The maximum Gasteiger partial charge on any atom is 0.263 e. The lowest BCUT2D eigenvalue weighted by Crippen LogP contribution is -2.23. The lowest BCUT2D eigenvalue weighted by Gasteiger charge is -2.22. The molecule has 1 aliphatic rings. The van der Waals surface area contributed by atoms with Gasteiger partial charge in [0.05, 0.1) is 27.0 Å². The highest BCUT2D eigenvalue weighted by Crippen LogP contribution is 2.38. The molecule has 0 aliphatic heterocycles. The molecule has 5 rings (SSSR count). The fraction of sp³-hybridized carbons (Fsp3) is 0.222. The summed E-state index contributed by atoms with van der Waals surface area (Å²) in [6.45, 7) is 0. The zero-order valence-electron chi connectivity index (χ0n) is 20.6. The van der Waals surface area contributed by atoms with E-state index in [1.54, 1.807) is 30.5 Å². The molecule has 0 amide bonds. The van der Waals surface area contributed by atoms with Crippen molar-refractivity contribution in [1.82, 2.24) is 15.0 Å². The summed E-state index contributed by atoms with van der Waals surface area (Å²) in [5, 5.41) is 3.26. The second kappa shape index (κ2) is 11.7. The first-order valence-electron chi connectivity index (χ1n) is 12.3. The van der Waals surface area contributed by atoms with Gasteiger partial charge in [0.1, 0.15) is 4.90 Å². The van der Waals surface area contributed by atoms with Gasteiger partial charge in [0.25, 0.3) is 10.0 Å². The number of nitrogens with zero attached hydrogens (tertiary/aromatic N) is 3. The first kappa shape index (κ1) is 27.1. The molecule has 0 radical (unpaired) electrons. The zero-order valence-corrected chi connectivity index (χ0v) is 22.9. The van der Waals surface area contributed by atoms with Crippen LogP contribution < -0.4 is 14.8 Å². The fourth-order valence-electron chi connectivity index (χ4n) is 4.36. The topological polar surface area (TPSA) is 106 Å². The maximum absolute atomic E-state index is 15.2. The molecule has 2 heterocycles. The van der Waals surface area contributed by atoms with E-state index in [2.05, 4.69) is 25.0 Å². The summed E-state index contributed by atoms with van der Waals surface area (Å²) in [6, 6.07) is 13.6. The predicted octanol–water partition coefficient (Wildman–Crippen LogP) is 7.32. The maximum atomic E-state index is 15.2. The Hall–Kier alpha value is -3.47. The molecule has 8 nitrogen and oxygen atoms in total. The highest BCUT2D eigenvalue weighted by Gasteiger charge is 2.22. The van der Waals surface area contributed by atoms with Crippen LogP contribution in [0.1, 0.15) is 32.1 Å². The Labute approximate surface area is 235 Å². The van der Waals surface area contributed by atoms with Gasteiger partial charge in [-0.2, -0.15) is 0 Å². The van der Waals surface area contributed by atoms with Crippen molar-refractivity contribution in [2.24, 2.45) is 0 Å². The molecule has 1 fully saturated rings. The number of rotatable bonds is 8. The minimum atomic E-state index is -4.09. The Balaban J connectivity index is 1.39. The summed E-state index contributed by atoms with van der Waals surface area (Å²) in [5.41, 5.74) is 0.942. The lowest BCUT2D eigenvalue weighted by molar-refractivity contribution is 0.429. The standard InChI is InChI=1S/C27H24Cl2FN5O3S/c28-20-10-4-5-11-24(20)39(36,37)35-18-15-21(29)25(22(30)16-18)38-26-19(9-6-13-31-26)23-12-14-32-27(34-23)33-17-7-2-1-3-8-17/h4-6,9-17,35H,1-3,7-8H2,(H,32,33,34).